The minimum absolute atomic E-state index is 0.0274. The Hall–Kier alpha value is -2.33. The number of likely N-dealkylation sites (N-methyl/N-ethyl adjacent to an activating group) is 2. The summed E-state index contributed by atoms with van der Waals surface area (Å²) in [4.78, 5) is 16.9. The van der Waals surface area contributed by atoms with E-state index in [1.165, 1.54) is 4.31 Å². The number of benzene rings is 2. The molecule has 1 aliphatic heterocycles. The van der Waals surface area contributed by atoms with Crippen LogP contribution in [0.4, 0.5) is 5.69 Å². The maximum atomic E-state index is 12.7. The topological polar surface area (TPSA) is 82.2 Å². The first-order valence-electron chi connectivity index (χ1n) is 10.3. The van der Waals surface area contributed by atoms with Crippen LogP contribution >= 0.6 is 11.6 Å². The van der Waals surface area contributed by atoms with Crippen molar-refractivity contribution in [1.29, 1.82) is 0 Å². The van der Waals surface area contributed by atoms with Crippen molar-refractivity contribution in [2.75, 3.05) is 57.4 Å². The molecule has 2 aromatic carbocycles. The number of carbonyl (C=O) groups excluding carboxylic acids is 1. The fourth-order valence-corrected chi connectivity index (χ4v) is 4.62. The van der Waals surface area contributed by atoms with Crippen LogP contribution in [0.5, 0.6) is 11.5 Å². The van der Waals surface area contributed by atoms with Crippen molar-refractivity contribution >= 4 is 33.2 Å². The molecule has 0 radical (unpaired) electrons. The third-order valence-corrected chi connectivity index (χ3v) is 6.85. The number of nitrogens with zero attached hydrogens (tertiary/aromatic N) is 3. The van der Waals surface area contributed by atoms with Gasteiger partial charge in [0.1, 0.15) is 17.5 Å². The van der Waals surface area contributed by atoms with E-state index in [1.54, 1.807) is 55.6 Å². The van der Waals surface area contributed by atoms with Crippen molar-refractivity contribution in [3.63, 3.8) is 0 Å². The fourth-order valence-electron chi connectivity index (χ4n) is 3.57. The number of carbonyl (C=O) groups is 1. The second-order valence-corrected chi connectivity index (χ2v) is 10.2. The van der Waals surface area contributed by atoms with Crippen molar-refractivity contribution in [2.24, 2.45) is 0 Å². The number of hydrogen-bond acceptors (Lipinski definition) is 6. The molecule has 8 nitrogen and oxygen atoms in total. The van der Waals surface area contributed by atoms with Gasteiger partial charge in [0.05, 0.1) is 18.5 Å². The molecular formula is C22H29ClN4O4S. The maximum absolute atomic E-state index is 12.7. The van der Waals surface area contributed by atoms with Gasteiger partial charge in [-0.05, 0) is 55.6 Å². The van der Waals surface area contributed by atoms with Gasteiger partial charge < -0.3 is 15.0 Å². The summed E-state index contributed by atoms with van der Waals surface area (Å²) in [5.74, 6) is 0.981. The van der Waals surface area contributed by atoms with E-state index >= 15 is 0 Å². The number of piperazine rings is 1. The Morgan fingerprint density at radius 2 is 1.59 bits per heavy atom. The van der Waals surface area contributed by atoms with E-state index in [0.29, 0.717) is 35.3 Å². The van der Waals surface area contributed by atoms with Crippen LogP contribution in [0.15, 0.2) is 48.5 Å². The van der Waals surface area contributed by atoms with Crippen molar-refractivity contribution < 1.29 is 17.9 Å². The van der Waals surface area contributed by atoms with Gasteiger partial charge in [-0.1, -0.05) is 11.6 Å². The molecule has 0 spiro atoms. The van der Waals surface area contributed by atoms with Gasteiger partial charge in [-0.25, -0.2) is 8.42 Å². The molecule has 0 bridgehead atoms. The minimum Gasteiger partial charge on any atom is -0.457 e. The van der Waals surface area contributed by atoms with Crippen LogP contribution in [-0.4, -0.2) is 83.2 Å². The average molecular weight is 481 g/mol. The van der Waals surface area contributed by atoms with Crippen LogP contribution in [0.2, 0.25) is 5.02 Å². The smallest absolute Gasteiger partial charge is 0.238 e. The van der Waals surface area contributed by atoms with Gasteiger partial charge in [0, 0.05) is 38.2 Å². The molecule has 10 heteroatoms. The summed E-state index contributed by atoms with van der Waals surface area (Å²) in [5.41, 5.74) is 0.471. The van der Waals surface area contributed by atoms with Gasteiger partial charge in [0.15, 0.2) is 0 Å². The Morgan fingerprint density at radius 1 is 1.06 bits per heavy atom. The van der Waals surface area contributed by atoms with Crippen LogP contribution in [0.1, 0.15) is 0 Å². The standard InChI is InChI=1S/C22H29ClN4O4S/c1-24-22(28)21(26-14-12-25(2)13-15-26)16-27(32(3,29)30)18-6-10-20(11-7-18)31-19-8-4-17(23)5-9-19/h4-11,21H,12-16H2,1-3H3,(H,24,28)/t21-/m0/s1. The largest absolute Gasteiger partial charge is 0.457 e. The zero-order valence-corrected chi connectivity index (χ0v) is 20.1. The van der Waals surface area contributed by atoms with Crippen molar-refractivity contribution in [3.8, 4) is 11.5 Å². The molecule has 1 saturated heterocycles. The highest BCUT2D eigenvalue weighted by atomic mass is 35.5. The number of rotatable bonds is 8. The predicted molar refractivity (Wildman–Crippen MR) is 127 cm³/mol. The number of halogens is 1. The molecular weight excluding hydrogens is 452 g/mol. The Morgan fingerprint density at radius 3 is 2.09 bits per heavy atom. The third-order valence-electron chi connectivity index (χ3n) is 5.44. The van der Waals surface area contributed by atoms with E-state index < -0.39 is 16.1 Å². The molecule has 1 fully saturated rings. The Balaban J connectivity index is 1.80. The van der Waals surface area contributed by atoms with Gasteiger partial charge in [-0.15, -0.1) is 0 Å². The molecule has 0 saturated carbocycles. The molecule has 1 atom stereocenters. The number of nitrogens with one attached hydrogen (secondary N) is 1. The minimum atomic E-state index is -3.62. The highest BCUT2D eigenvalue weighted by Crippen LogP contribution is 2.27. The first-order valence-corrected chi connectivity index (χ1v) is 12.6. The Bertz CT molecular complexity index is 1010. The van der Waals surface area contributed by atoms with Gasteiger partial charge in [0.2, 0.25) is 15.9 Å². The molecule has 0 aromatic heterocycles. The lowest BCUT2D eigenvalue weighted by molar-refractivity contribution is -0.126. The summed E-state index contributed by atoms with van der Waals surface area (Å²) < 4.78 is 32.4. The normalized spacial score (nSPS) is 16.4. The van der Waals surface area contributed by atoms with Crippen molar-refractivity contribution in [3.05, 3.63) is 53.6 Å². The van der Waals surface area contributed by atoms with Gasteiger partial charge in [0.25, 0.3) is 0 Å². The quantitative estimate of drug-likeness (QED) is 0.624. The molecule has 1 N–H and O–H groups in total. The second kappa shape index (κ2) is 10.5. The third kappa shape index (κ3) is 6.35. The number of hydrogen-bond donors (Lipinski definition) is 1. The average Bonchev–Trinajstić information content (AvgIpc) is 2.76. The lowest BCUT2D eigenvalue weighted by Gasteiger charge is -2.39. The van der Waals surface area contributed by atoms with E-state index in [-0.39, 0.29) is 12.5 Å². The van der Waals surface area contributed by atoms with Crippen LogP contribution in [-0.2, 0) is 14.8 Å². The highest BCUT2D eigenvalue weighted by molar-refractivity contribution is 7.92. The molecule has 2 aromatic rings. The van der Waals surface area contributed by atoms with Crippen LogP contribution < -0.4 is 14.4 Å². The Kier molecular flexibility index (Phi) is 8.00. The highest BCUT2D eigenvalue weighted by Gasteiger charge is 2.32. The first-order chi connectivity index (χ1) is 15.2. The summed E-state index contributed by atoms with van der Waals surface area (Å²) in [5, 5.41) is 3.29. The molecule has 0 unspecified atom stereocenters. The monoisotopic (exact) mass is 480 g/mol. The number of amides is 1. The number of anilines is 1. The second-order valence-electron chi connectivity index (χ2n) is 7.81. The maximum Gasteiger partial charge on any atom is 0.238 e. The van der Waals surface area contributed by atoms with E-state index in [4.69, 9.17) is 16.3 Å². The Labute approximate surface area is 194 Å². The summed E-state index contributed by atoms with van der Waals surface area (Å²) in [7, 11) is -0.0209. The van der Waals surface area contributed by atoms with Crippen molar-refractivity contribution in [1.82, 2.24) is 15.1 Å². The lowest BCUT2D eigenvalue weighted by Crippen LogP contribution is -2.58. The molecule has 1 aliphatic rings. The lowest BCUT2D eigenvalue weighted by atomic mass is 10.1. The van der Waals surface area contributed by atoms with Gasteiger partial charge in [-0.3, -0.25) is 14.0 Å². The molecule has 32 heavy (non-hydrogen) atoms. The van der Waals surface area contributed by atoms with Crippen LogP contribution in [0.25, 0.3) is 0 Å². The van der Waals surface area contributed by atoms with Gasteiger partial charge >= 0.3 is 0 Å². The SMILES string of the molecule is CNC(=O)[C@H](CN(c1ccc(Oc2ccc(Cl)cc2)cc1)S(C)(=O)=O)N1CCN(C)CC1. The van der Waals surface area contributed by atoms with Gasteiger partial charge in [-0.2, -0.15) is 0 Å². The van der Waals surface area contributed by atoms with E-state index in [1.807, 2.05) is 11.9 Å². The predicted octanol–water partition coefficient (Wildman–Crippen LogP) is 2.26. The molecule has 3 rings (SSSR count). The van der Waals surface area contributed by atoms with Crippen molar-refractivity contribution in [2.45, 2.75) is 6.04 Å². The van der Waals surface area contributed by atoms with E-state index in [2.05, 4.69) is 10.2 Å². The first kappa shape index (κ1) is 24.3. The molecule has 174 valence electrons. The van der Waals surface area contributed by atoms with E-state index in [9.17, 15) is 13.2 Å². The van der Waals surface area contributed by atoms with E-state index in [0.717, 1.165) is 19.3 Å². The number of ether oxygens (including phenoxy) is 1. The molecule has 1 amide bonds. The summed E-state index contributed by atoms with van der Waals surface area (Å²) >= 11 is 5.90. The number of sulfonamides is 1. The zero-order valence-electron chi connectivity index (χ0n) is 18.5. The molecule has 0 aliphatic carbocycles. The summed E-state index contributed by atoms with van der Waals surface area (Å²) in [6.45, 7) is 3.06. The fraction of sp³-hybridized carbons (Fsp3) is 0.409. The summed E-state index contributed by atoms with van der Waals surface area (Å²) in [6.07, 6.45) is 1.15. The van der Waals surface area contributed by atoms with Crippen LogP contribution in [0, 0.1) is 0 Å². The van der Waals surface area contributed by atoms with Crippen LogP contribution in [0.3, 0.4) is 0 Å². The zero-order chi connectivity index (χ0) is 23.3. The molecule has 1 heterocycles. The summed E-state index contributed by atoms with van der Waals surface area (Å²) in [6, 6.07) is 13.1.